The molecule has 1 heterocycles. The van der Waals surface area contributed by atoms with Gasteiger partial charge in [-0.2, -0.15) is 13.9 Å². The Hall–Kier alpha value is -2.84. The average molecular weight is 395 g/mol. The van der Waals surface area contributed by atoms with Crippen molar-refractivity contribution in [1.82, 2.24) is 20.4 Å². The largest absolute Gasteiger partial charge is 0.497 e. The summed E-state index contributed by atoms with van der Waals surface area (Å²) in [5, 5.41) is 10.8. The maximum atomic E-state index is 12.7. The molecule has 0 fully saturated rings. The predicted octanol–water partition coefficient (Wildman–Crippen LogP) is 2.90. The SMILES string of the molecule is CCNC(=NCc1cc(OC)ccc1OC(F)F)NCc1c(C)nn(C)c1C. The fraction of sp³-hybridized carbons (Fsp3) is 0.474. The summed E-state index contributed by atoms with van der Waals surface area (Å²) in [4.78, 5) is 4.50. The number of hydrogen-bond acceptors (Lipinski definition) is 4. The molecule has 0 unspecified atom stereocenters. The first-order chi connectivity index (χ1) is 13.3. The van der Waals surface area contributed by atoms with Crippen LogP contribution in [0.25, 0.3) is 0 Å². The molecule has 7 nitrogen and oxygen atoms in total. The zero-order valence-corrected chi connectivity index (χ0v) is 16.8. The lowest BCUT2D eigenvalue weighted by Gasteiger charge is -2.14. The molecule has 2 rings (SSSR count). The lowest BCUT2D eigenvalue weighted by molar-refractivity contribution is -0.0504. The number of methoxy groups -OCH3 is 1. The lowest BCUT2D eigenvalue weighted by Crippen LogP contribution is -2.37. The Morgan fingerprint density at radius 1 is 1.29 bits per heavy atom. The highest BCUT2D eigenvalue weighted by atomic mass is 19.3. The van der Waals surface area contributed by atoms with Crippen LogP contribution in [-0.4, -0.2) is 36.0 Å². The van der Waals surface area contributed by atoms with Gasteiger partial charge in [-0.05, 0) is 39.0 Å². The van der Waals surface area contributed by atoms with E-state index in [0.29, 0.717) is 30.4 Å². The fourth-order valence-corrected chi connectivity index (χ4v) is 2.77. The van der Waals surface area contributed by atoms with Crippen molar-refractivity contribution >= 4 is 5.96 Å². The van der Waals surface area contributed by atoms with Gasteiger partial charge in [0.2, 0.25) is 0 Å². The van der Waals surface area contributed by atoms with Gasteiger partial charge in [0.05, 0.1) is 19.3 Å². The van der Waals surface area contributed by atoms with Crippen LogP contribution in [0.1, 0.15) is 29.4 Å². The number of nitrogens with one attached hydrogen (secondary N) is 2. The van der Waals surface area contributed by atoms with Gasteiger partial charge in [0, 0.05) is 37.0 Å². The van der Waals surface area contributed by atoms with Gasteiger partial charge in [-0.3, -0.25) is 4.68 Å². The molecule has 0 aliphatic rings. The van der Waals surface area contributed by atoms with Crippen molar-refractivity contribution in [3.63, 3.8) is 0 Å². The maximum absolute atomic E-state index is 12.7. The Morgan fingerprint density at radius 3 is 2.61 bits per heavy atom. The topological polar surface area (TPSA) is 72.7 Å². The second-order valence-corrected chi connectivity index (χ2v) is 6.17. The minimum Gasteiger partial charge on any atom is -0.497 e. The van der Waals surface area contributed by atoms with E-state index in [0.717, 1.165) is 17.0 Å². The van der Waals surface area contributed by atoms with Crippen molar-refractivity contribution in [2.75, 3.05) is 13.7 Å². The summed E-state index contributed by atoms with van der Waals surface area (Å²) < 4.78 is 36.9. The molecule has 1 aromatic carbocycles. The highest BCUT2D eigenvalue weighted by molar-refractivity contribution is 5.79. The van der Waals surface area contributed by atoms with Gasteiger partial charge >= 0.3 is 6.61 Å². The number of aryl methyl sites for hydroxylation is 2. The smallest absolute Gasteiger partial charge is 0.387 e. The van der Waals surface area contributed by atoms with E-state index in [2.05, 4.69) is 25.5 Å². The van der Waals surface area contributed by atoms with E-state index in [9.17, 15) is 8.78 Å². The number of aromatic nitrogens is 2. The molecule has 28 heavy (non-hydrogen) atoms. The molecule has 2 aromatic rings. The van der Waals surface area contributed by atoms with Crippen molar-refractivity contribution < 1.29 is 18.3 Å². The highest BCUT2D eigenvalue weighted by Crippen LogP contribution is 2.26. The van der Waals surface area contributed by atoms with Gasteiger partial charge in [0.25, 0.3) is 0 Å². The molecule has 0 amide bonds. The summed E-state index contributed by atoms with van der Waals surface area (Å²) >= 11 is 0. The van der Waals surface area contributed by atoms with E-state index in [1.165, 1.54) is 13.2 Å². The molecule has 0 saturated heterocycles. The van der Waals surface area contributed by atoms with Crippen LogP contribution in [0.4, 0.5) is 8.78 Å². The summed E-state index contributed by atoms with van der Waals surface area (Å²) in [6.45, 7) is 4.38. The van der Waals surface area contributed by atoms with Crippen LogP contribution in [0, 0.1) is 13.8 Å². The molecule has 1 aromatic heterocycles. The van der Waals surface area contributed by atoms with E-state index in [1.807, 2.05) is 32.5 Å². The minimum absolute atomic E-state index is 0.0781. The van der Waals surface area contributed by atoms with Crippen LogP contribution >= 0.6 is 0 Å². The van der Waals surface area contributed by atoms with Gasteiger partial charge < -0.3 is 20.1 Å². The van der Waals surface area contributed by atoms with Gasteiger partial charge in [0.15, 0.2) is 5.96 Å². The van der Waals surface area contributed by atoms with Gasteiger partial charge in [-0.1, -0.05) is 0 Å². The third kappa shape index (κ3) is 5.58. The zero-order chi connectivity index (χ0) is 20.7. The molecule has 0 aliphatic heterocycles. The maximum Gasteiger partial charge on any atom is 0.387 e. The molecule has 0 bridgehead atoms. The standard InChI is InChI=1S/C19H27F2N5O2/c1-6-22-19(24-11-16-12(2)25-26(4)13(16)3)23-10-14-9-15(27-5)7-8-17(14)28-18(20)21/h7-9,18H,6,10-11H2,1-5H3,(H2,22,23,24). The van der Waals surface area contributed by atoms with Crippen LogP contribution < -0.4 is 20.1 Å². The second-order valence-electron chi connectivity index (χ2n) is 6.17. The van der Waals surface area contributed by atoms with Crippen molar-refractivity contribution in [3.8, 4) is 11.5 Å². The number of benzene rings is 1. The molecule has 0 aliphatic carbocycles. The zero-order valence-electron chi connectivity index (χ0n) is 16.8. The predicted molar refractivity (Wildman–Crippen MR) is 104 cm³/mol. The van der Waals surface area contributed by atoms with Crippen LogP contribution in [0.5, 0.6) is 11.5 Å². The molecular weight excluding hydrogens is 368 g/mol. The number of guanidine groups is 1. The van der Waals surface area contributed by atoms with Crippen LogP contribution in [0.15, 0.2) is 23.2 Å². The first kappa shape index (κ1) is 21.5. The first-order valence-electron chi connectivity index (χ1n) is 8.98. The summed E-state index contributed by atoms with van der Waals surface area (Å²) in [5.41, 5.74) is 3.62. The monoisotopic (exact) mass is 395 g/mol. The number of hydrogen-bond donors (Lipinski definition) is 2. The molecule has 0 radical (unpaired) electrons. The van der Waals surface area contributed by atoms with Gasteiger partial charge in [-0.15, -0.1) is 0 Å². The number of nitrogens with zero attached hydrogens (tertiary/aromatic N) is 3. The highest BCUT2D eigenvalue weighted by Gasteiger charge is 2.12. The third-order valence-corrected chi connectivity index (χ3v) is 4.33. The quantitative estimate of drug-likeness (QED) is 0.531. The average Bonchev–Trinajstić information content (AvgIpc) is 2.89. The molecule has 9 heteroatoms. The molecule has 0 saturated carbocycles. The summed E-state index contributed by atoms with van der Waals surface area (Å²) in [5.74, 6) is 1.19. The number of alkyl halides is 2. The van der Waals surface area contributed by atoms with E-state index in [-0.39, 0.29) is 12.3 Å². The van der Waals surface area contributed by atoms with Gasteiger partial charge in [-0.25, -0.2) is 4.99 Å². The molecule has 154 valence electrons. The number of aliphatic imine (C=N–C) groups is 1. The minimum atomic E-state index is -2.90. The van der Waals surface area contributed by atoms with Crippen molar-refractivity contribution in [2.24, 2.45) is 12.0 Å². The Kier molecular flexibility index (Phi) is 7.60. The Balaban J connectivity index is 2.17. The molecular formula is C19H27F2N5O2. The summed E-state index contributed by atoms with van der Waals surface area (Å²) in [6.07, 6.45) is 0. The summed E-state index contributed by atoms with van der Waals surface area (Å²) in [6, 6.07) is 4.67. The van der Waals surface area contributed by atoms with Crippen LogP contribution in [-0.2, 0) is 20.1 Å². The van der Waals surface area contributed by atoms with E-state index in [4.69, 9.17) is 4.74 Å². The fourth-order valence-electron chi connectivity index (χ4n) is 2.77. The van der Waals surface area contributed by atoms with Crippen LogP contribution in [0.3, 0.4) is 0 Å². The summed E-state index contributed by atoms with van der Waals surface area (Å²) in [7, 11) is 3.42. The number of rotatable bonds is 8. The van der Waals surface area contributed by atoms with Gasteiger partial charge in [0.1, 0.15) is 11.5 Å². The second kappa shape index (κ2) is 9.91. The number of halogens is 2. The first-order valence-corrected chi connectivity index (χ1v) is 8.98. The number of ether oxygens (including phenoxy) is 2. The van der Waals surface area contributed by atoms with Crippen molar-refractivity contribution in [3.05, 3.63) is 40.7 Å². The van der Waals surface area contributed by atoms with Crippen molar-refractivity contribution in [1.29, 1.82) is 0 Å². The Bertz CT molecular complexity index is 821. The van der Waals surface area contributed by atoms with E-state index >= 15 is 0 Å². The Morgan fingerprint density at radius 2 is 2.04 bits per heavy atom. The Labute approximate surface area is 163 Å². The van der Waals surface area contributed by atoms with E-state index in [1.54, 1.807) is 12.1 Å². The molecule has 2 N–H and O–H groups in total. The van der Waals surface area contributed by atoms with E-state index < -0.39 is 6.61 Å². The van der Waals surface area contributed by atoms with Crippen LogP contribution in [0.2, 0.25) is 0 Å². The lowest BCUT2D eigenvalue weighted by atomic mass is 10.2. The molecule has 0 spiro atoms. The van der Waals surface area contributed by atoms with Crippen molar-refractivity contribution in [2.45, 2.75) is 40.5 Å². The normalized spacial score (nSPS) is 11.6. The third-order valence-electron chi connectivity index (χ3n) is 4.33. The molecule has 0 atom stereocenters.